The maximum absolute atomic E-state index is 11.6. The average molecular weight is 295 g/mol. The summed E-state index contributed by atoms with van der Waals surface area (Å²) in [4.78, 5) is 10.9. The Morgan fingerprint density at radius 1 is 1.32 bits per heavy atom. The third-order valence-electron chi connectivity index (χ3n) is 3.13. The smallest absolute Gasteiger partial charge is 0.305 e. The molecule has 6 nitrogen and oxygen atoms in total. The molecule has 0 saturated heterocycles. The highest BCUT2D eigenvalue weighted by Crippen LogP contribution is 2.12. The van der Waals surface area contributed by atoms with Crippen LogP contribution in [0.25, 0.3) is 0 Å². The summed E-state index contributed by atoms with van der Waals surface area (Å²) in [6.07, 6.45) is 1.23. The molecule has 114 valence electrons. The first-order valence-corrected chi connectivity index (χ1v) is 8.23. The molecule has 0 rings (SSSR count). The molecule has 0 aliphatic carbocycles. The van der Waals surface area contributed by atoms with Gasteiger partial charge in [0.1, 0.15) is 0 Å². The van der Waals surface area contributed by atoms with Crippen LogP contribution in [0.4, 0.5) is 0 Å². The van der Waals surface area contributed by atoms with Crippen LogP contribution < -0.4 is 4.72 Å². The molecular weight excluding hydrogens is 270 g/mol. The van der Waals surface area contributed by atoms with Crippen LogP contribution in [0.3, 0.4) is 0 Å². The standard InChI is InChI=1S/C12H25NO5S/c1-4-10(5-2)11(14)9-13-19(16,17)8-6-7-12(15)18-3/h10-11,13-14H,4-9H2,1-3H3. The van der Waals surface area contributed by atoms with Crippen LogP contribution in [0.5, 0.6) is 0 Å². The molecule has 0 saturated carbocycles. The number of aliphatic hydroxyl groups excluding tert-OH is 1. The van der Waals surface area contributed by atoms with Crippen LogP contribution >= 0.6 is 0 Å². The van der Waals surface area contributed by atoms with Crippen LogP contribution in [0.1, 0.15) is 39.5 Å². The molecule has 0 spiro atoms. The van der Waals surface area contributed by atoms with Crippen LogP contribution in [0, 0.1) is 5.92 Å². The number of aliphatic hydroxyl groups is 1. The summed E-state index contributed by atoms with van der Waals surface area (Å²) in [6.45, 7) is 3.94. The zero-order valence-corrected chi connectivity index (χ0v) is 12.7. The van der Waals surface area contributed by atoms with Gasteiger partial charge >= 0.3 is 5.97 Å². The normalized spacial score (nSPS) is 13.5. The minimum absolute atomic E-state index is 0.0207. The van der Waals surface area contributed by atoms with Gasteiger partial charge in [0.05, 0.1) is 19.0 Å². The summed E-state index contributed by atoms with van der Waals surface area (Å²) in [7, 11) is -2.18. The molecule has 1 atom stereocenters. The number of hydrogen-bond acceptors (Lipinski definition) is 5. The van der Waals surface area contributed by atoms with Crippen molar-refractivity contribution in [1.82, 2.24) is 4.72 Å². The summed E-state index contributed by atoms with van der Waals surface area (Å²) < 4.78 is 30.1. The van der Waals surface area contributed by atoms with Crippen LogP contribution in [0.15, 0.2) is 0 Å². The highest BCUT2D eigenvalue weighted by atomic mass is 32.2. The van der Waals surface area contributed by atoms with Gasteiger partial charge in [-0.05, 0) is 12.3 Å². The predicted molar refractivity (Wildman–Crippen MR) is 73.1 cm³/mol. The Bertz CT molecular complexity index is 351. The summed E-state index contributed by atoms with van der Waals surface area (Å²) in [5.41, 5.74) is 0. The van der Waals surface area contributed by atoms with Crippen molar-refractivity contribution < 1.29 is 23.1 Å². The van der Waals surface area contributed by atoms with Crippen molar-refractivity contribution in [1.29, 1.82) is 0 Å². The van der Waals surface area contributed by atoms with E-state index in [2.05, 4.69) is 9.46 Å². The van der Waals surface area contributed by atoms with E-state index in [1.54, 1.807) is 0 Å². The maximum atomic E-state index is 11.6. The molecule has 0 aliphatic rings. The van der Waals surface area contributed by atoms with E-state index in [0.29, 0.717) is 0 Å². The first-order chi connectivity index (χ1) is 8.86. The number of nitrogens with one attached hydrogen (secondary N) is 1. The lowest BCUT2D eigenvalue weighted by Crippen LogP contribution is -2.37. The van der Waals surface area contributed by atoms with Gasteiger partial charge in [-0.1, -0.05) is 26.7 Å². The number of ether oxygens (including phenoxy) is 1. The lowest BCUT2D eigenvalue weighted by atomic mass is 9.97. The summed E-state index contributed by atoms with van der Waals surface area (Å²) in [5, 5.41) is 9.82. The highest BCUT2D eigenvalue weighted by Gasteiger charge is 2.18. The van der Waals surface area contributed by atoms with Gasteiger partial charge in [0, 0.05) is 13.0 Å². The maximum Gasteiger partial charge on any atom is 0.305 e. The van der Waals surface area contributed by atoms with E-state index >= 15 is 0 Å². The van der Waals surface area contributed by atoms with Gasteiger partial charge in [-0.2, -0.15) is 0 Å². The van der Waals surface area contributed by atoms with E-state index in [1.807, 2.05) is 13.8 Å². The number of carbonyl (C=O) groups excluding carboxylic acids is 1. The second-order valence-electron chi connectivity index (χ2n) is 4.49. The van der Waals surface area contributed by atoms with Gasteiger partial charge in [0.25, 0.3) is 0 Å². The average Bonchev–Trinajstić information content (AvgIpc) is 2.37. The van der Waals surface area contributed by atoms with Gasteiger partial charge in [0.15, 0.2) is 0 Å². The fourth-order valence-corrected chi connectivity index (χ4v) is 2.89. The second kappa shape index (κ2) is 9.28. The zero-order valence-electron chi connectivity index (χ0n) is 11.9. The van der Waals surface area contributed by atoms with E-state index in [9.17, 15) is 18.3 Å². The first-order valence-electron chi connectivity index (χ1n) is 6.58. The van der Waals surface area contributed by atoms with Crippen molar-refractivity contribution in [2.24, 2.45) is 5.92 Å². The molecule has 0 bridgehead atoms. The number of carbonyl (C=O) groups is 1. The van der Waals surface area contributed by atoms with Crippen molar-refractivity contribution >= 4 is 16.0 Å². The Labute approximate surface area is 115 Å². The number of rotatable bonds is 10. The number of methoxy groups -OCH3 is 1. The molecule has 0 heterocycles. The van der Waals surface area contributed by atoms with Crippen molar-refractivity contribution in [3.63, 3.8) is 0 Å². The van der Waals surface area contributed by atoms with Crippen LogP contribution in [-0.4, -0.2) is 45.0 Å². The van der Waals surface area contributed by atoms with Crippen LogP contribution in [0.2, 0.25) is 0 Å². The van der Waals surface area contributed by atoms with Crippen molar-refractivity contribution in [3.05, 3.63) is 0 Å². The predicted octanol–water partition coefficient (Wildman–Crippen LogP) is 0.656. The van der Waals surface area contributed by atoms with Gasteiger partial charge in [-0.15, -0.1) is 0 Å². The molecule has 0 aromatic rings. The number of sulfonamides is 1. The molecule has 1 unspecified atom stereocenters. The SMILES string of the molecule is CCC(CC)C(O)CNS(=O)(=O)CCCC(=O)OC. The van der Waals surface area contributed by atoms with E-state index in [4.69, 9.17) is 0 Å². The zero-order chi connectivity index (χ0) is 14.9. The molecule has 0 radical (unpaired) electrons. The summed E-state index contributed by atoms with van der Waals surface area (Å²) in [6, 6.07) is 0. The van der Waals surface area contributed by atoms with Gasteiger partial charge in [-0.25, -0.2) is 13.1 Å². The lowest BCUT2D eigenvalue weighted by molar-refractivity contribution is -0.140. The summed E-state index contributed by atoms with van der Waals surface area (Å²) in [5.74, 6) is -0.470. The minimum Gasteiger partial charge on any atom is -0.469 e. The lowest BCUT2D eigenvalue weighted by Gasteiger charge is -2.20. The number of hydrogen-bond donors (Lipinski definition) is 2. The Morgan fingerprint density at radius 2 is 1.89 bits per heavy atom. The fourth-order valence-electron chi connectivity index (χ4n) is 1.79. The van der Waals surface area contributed by atoms with E-state index < -0.39 is 22.1 Å². The second-order valence-corrected chi connectivity index (χ2v) is 6.42. The fraction of sp³-hybridized carbons (Fsp3) is 0.917. The minimum atomic E-state index is -3.45. The third-order valence-corrected chi connectivity index (χ3v) is 4.56. The van der Waals surface area contributed by atoms with Crippen molar-refractivity contribution in [2.45, 2.75) is 45.6 Å². The Morgan fingerprint density at radius 3 is 2.37 bits per heavy atom. The quantitative estimate of drug-likeness (QED) is 0.577. The van der Waals surface area contributed by atoms with E-state index in [0.717, 1.165) is 12.8 Å². The molecule has 0 aliphatic heterocycles. The first kappa shape index (κ1) is 18.3. The number of esters is 1. The van der Waals surface area contributed by atoms with Gasteiger partial charge < -0.3 is 9.84 Å². The molecule has 0 amide bonds. The van der Waals surface area contributed by atoms with Gasteiger partial charge in [0.2, 0.25) is 10.0 Å². The molecule has 0 fully saturated rings. The molecule has 19 heavy (non-hydrogen) atoms. The molecule has 7 heteroatoms. The molecule has 2 N–H and O–H groups in total. The summed E-state index contributed by atoms with van der Waals surface area (Å²) >= 11 is 0. The van der Waals surface area contributed by atoms with Crippen LogP contribution in [-0.2, 0) is 19.6 Å². The van der Waals surface area contributed by atoms with E-state index in [-0.39, 0.29) is 31.1 Å². The monoisotopic (exact) mass is 295 g/mol. The molecule has 0 aromatic carbocycles. The topological polar surface area (TPSA) is 92.7 Å². The molecule has 0 aromatic heterocycles. The van der Waals surface area contributed by atoms with Crippen molar-refractivity contribution in [3.8, 4) is 0 Å². The largest absolute Gasteiger partial charge is 0.469 e. The molecular formula is C12H25NO5S. The Hall–Kier alpha value is -0.660. The van der Waals surface area contributed by atoms with Gasteiger partial charge in [-0.3, -0.25) is 4.79 Å². The van der Waals surface area contributed by atoms with E-state index in [1.165, 1.54) is 7.11 Å². The van der Waals surface area contributed by atoms with Crippen molar-refractivity contribution in [2.75, 3.05) is 19.4 Å². The Balaban J connectivity index is 4.06. The highest BCUT2D eigenvalue weighted by molar-refractivity contribution is 7.89. The third kappa shape index (κ3) is 8.18. The Kier molecular flexibility index (Phi) is 8.95.